The molecule has 4 aromatic rings. The fourth-order valence-electron chi connectivity index (χ4n) is 4.56. The van der Waals surface area contributed by atoms with Gasteiger partial charge in [0.25, 0.3) is 0 Å². The number of halogens is 1. The van der Waals surface area contributed by atoms with E-state index < -0.39 is 11.9 Å². The van der Waals surface area contributed by atoms with E-state index in [0.717, 1.165) is 17.1 Å². The zero-order valence-electron chi connectivity index (χ0n) is 22.1. The molecular formula is C32H26ClNaO6. The van der Waals surface area contributed by atoms with Crippen LogP contribution in [0.25, 0.3) is 0 Å². The number of rotatable bonds is 10. The van der Waals surface area contributed by atoms with Gasteiger partial charge in [-0.25, -0.2) is 0 Å². The predicted octanol–water partition coefficient (Wildman–Crippen LogP) is 3.75. The zero-order valence-corrected chi connectivity index (χ0v) is 24.9. The summed E-state index contributed by atoms with van der Waals surface area (Å²) in [6.07, 6.45) is 2.13. The molecular weight excluding hydrogens is 539 g/mol. The van der Waals surface area contributed by atoms with Gasteiger partial charge < -0.3 is 24.1 Å². The topological polar surface area (TPSA) is 84.9 Å². The molecule has 40 heavy (non-hydrogen) atoms. The Hall–Kier alpha value is -3.29. The quantitative estimate of drug-likeness (QED) is 0.215. The van der Waals surface area contributed by atoms with Crippen molar-refractivity contribution < 1.29 is 58.5 Å². The van der Waals surface area contributed by atoms with Crippen LogP contribution in [0.15, 0.2) is 91.0 Å². The maximum Gasteiger partial charge on any atom is 1.00 e. The Morgan fingerprint density at radius 1 is 0.875 bits per heavy atom. The summed E-state index contributed by atoms with van der Waals surface area (Å²) in [4.78, 5) is 24.3. The molecule has 1 heterocycles. The third kappa shape index (κ3) is 7.26. The Morgan fingerprint density at radius 3 is 2.30 bits per heavy atom. The number of Topliss-reactive ketones (excluding diaryl/α,β-unsaturated/α-hetero) is 1. The van der Waals surface area contributed by atoms with Crippen molar-refractivity contribution in [1.82, 2.24) is 0 Å². The molecule has 0 N–H and O–H groups in total. The van der Waals surface area contributed by atoms with Gasteiger partial charge in [0, 0.05) is 35.5 Å². The number of hydrogen-bond acceptors (Lipinski definition) is 6. The minimum Gasteiger partial charge on any atom is -0.549 e. The Bertz CT molecular complexity index is 1470. The molecule has 0 fully saturated rings. The van der Waals surface area contributed by atoms with Crippen LogP contribution in [0.5, 0.6) is 28.7 Å². The van der Waals surface area contributed by atoms with Crippen LogP contribution < -0.4 is 48.9 Å². The maximum absolute atomic E-state index is 12.8. The number of benzene rings is 4. The van der Waals surface area contributed by atoms with E-state index in [9.17, 15) is 14.7 Å². The molecule has 1 aliphatic rings. The monoisotopic (exact) mass is 564 g/mol. The Morgan fingerprint density at radius 2 is 1.55 bits per heavy atom. The average Bonchev–Trinajstić information content (AvgIpc) is 2.95. The summed E-state index contributed by atoms with van der Waals surface area (Å²) in [5, 5.41) is 11.7. The van der Waals surface area contributed by atoms with Crippen molar-refractivity contribution in [2.24, 2.45) is 0 Å². The van der Waals surface area contributed by atoms with E-state index in [1.54, 1.807) is 36.4 Å². The van der Waals surface area contributed by atoms with Gasteiger partial charge in [0.2, 0.25) is 0 Å². The van der Waals surface area contributed by atoms with Crippen molar-refractivity contribution >= 4 is 23.4 Å². The minimum absolute atomic E-state index is 0. The zero-order chi connectivity index (χ0) is 27.2. The van der Waals surface area contributed by atoms with Gasteiger partial charge in [0.15, 0.2) is 5.78 Å². The summed E-state index contributed by atoms with van der Waals surface area (Å²) in [5.41, 5.74) is 2.12. The number of ether oxygens (including phenoxy) is 3. The average molecular weight is 565 g/mol. The number of aryl methyl sites for hydroxylation is 1. The number of aliphatic carboxylic acids is 1. The third-order valence-corrected chi connectivity index (χ3v) is 6.88. The van der Waals surface area contributed by atoms with Crippen LogP contribution in [-0.4, -0.2) is 18.4 Å². The van der Waals surface area contributed by atoms with Crippen molar-refractivity contribution in [2.45, 2.75) is 31.6 Å². The van der Waals surface area contributed by atoms with Gasteiger partial charge >= 0.3 is 29.6 Å². The number of para-hydroxylation sites is 2. The molecule has 1 atom stereocenters. The molecule has 1 aliphatic heterocycles. The molecule has 4 aromatic carbocycles. The van der Waals surface area contributed by atoms with Crippen LogP contribution in [0.3, 0.4) is 0 Å². The number of ketones is 1. The first-order valence-corrected chi connectivity index (χ1v) is 13.1. The van der Waals surface area contributed by atoms with Crippen LogP contribution in [0.1, 0.15) is 46.7 Å². The van der Waals surface area contributed by atoms with E-state index in [0.29, 0.717) is 54.1 Å². The summed E-state index contributed by atoms with van der Waals surface area (Å²) >= 11 is 6.37. The van der Waals surface area contributed by atoms with Gasteiger partial charge in [0.05, 0.1) is 11.6 Å². The summed E-state index contributed by atoms with van der Waals surface area (Å²) in [6, 6.07) is 27.5. The first-order valence-electron chi connectivity index (χ1n) is 12.8. The number of carbonyl (C=O) groups excluding carboxylic acids is 2. The Kier molecular flexibility index (Phi) is 10.3. The summed E-state index contributed by atoms with van der Waals surface area (Å²) in [7, 11) is 0. The molecule has 0 saturated carbocycles. The standard InChI is InChI=1S/C32H27ClO6.Na/c33-27-19-26-25(32(35)36)17-18-37-30(26)20-31(27)39-24-15-13-21(14-16-24)28(34)11-6-8-22-7-4-5-12-29(22)38-23-9-2-1-3-10-23;/h1-5,7,9-10,12-16,19-20,25H,6,8,11,17-18H2,(H,35,36);/q;+1/p-1. The summed E-state index contributed by atoms with van der Waals surface area (Å²) in [6.45, 7) is 0.273. The van der Waals surface area contributed by atoms with Crippen LogP contribution in [0.4, 0.5) is 0 Å². The molecule has 0 aromatic heterocycles. The number of carboxylic acids is 1. The van der Waals surface area contributed by atoms with Gasteiger partial charge in [-0.2, -0.15) is 0 Å². The molecule has 0 radical (unpaired) electrons. The number of carbonyl (C=O) groups is 2. The number of fused-ring (bicyclic) bond motifs is 1. The Balaban J connectivity index is 0.00000370. The maximum atomic E-state index is 12.8. The second kappa shape index (κ2) is 13.9. The summed E-state index contributed by atoms with van der Waals surface area (Å²) < 4.78 is 17.5. The van der Waals surface area contributed by atoms with Crippen LogP contribution in [0, 0.1) is 0 Å². The SMILES string of the molecule is O=C(CCCc1ccccc1Oc1ccccc1)c1ccc(Oc2cc3c(cc2Cl)C(C(=O)[O-])CCO3)cc1.[Na+]. The number of hydrogen-bond donors (Lipinski definition) is 0. The van der Waals surface area contributed by atoms with Gasteiger partial charge in [-0.3, -0.25) is 4.79 Å². The second-order valence-corrected chi connectivity index (χ2v) is 9.66. The fourth-order valence-corrected chi connectivity index (χ4v) is 4.77. The van der Waals surface area contributed by atoms with E-state index in [-0.39, 0.29) is 47.0 Å². The second-order valence-electron chi connectivity index (χ2n) is 9.26. The van der Waals surface area contributed by atoms with Crippen molar-refractivity contribution in [3.8, 4) is 28.7 Å². The molecule has 5 rings (SSSR count). The molecule has 0 bridgehead atoms. The molecule has 198 valence electrons. The third-order valence-electron chi connectivity index (χ3n) is 6.59. The molecule has 0 spiro atoms. The molecule has 0 amide bonds. The van der Waals surface area contributed by atoms with Crippen LogP contribution >= 0.6 is 11.6 Å². The molecule has 8 heteroatoms. The van der Waals surface area contributed by atoms with E-state index in [1.165, 1.54) is 0 Å². The van der Waals surface area contributed by atoms with E-state index in [4.69, 9.17) is 25.8 Å². The van der Waals surface area contributed by atoms with Crippen LogP contribution in [-0.2, 0) is 11.2 Å². The fraction of sp³-hybridized carbons (Fsp3) is 0.188. The normalized spacial score (nSPS) is 13.8. The van der Waals surface area contributed by atoms with Crippen molar-refractivity contribution in [1.29, 1.82) is 0 Å². The van der Waals surface area contributed by atoms with Crippen LogP contribution in [0.2, 0.25) is 5.02 Å². The van der Waals surface area contributed by atoms with Gasteiger partial charge in [0.1, 0.15) is 28.7 Å². The first-order chi connectivity index (χ1) is 19.0. The van der Waals surface area contributed by atoms with E-state index in [1.807, 2.05) is 54.6 Å². The molecule has 0 saturated heterocycles. The molecule has 1 unspecified atom stereocenters. The largest absolute Gasteiger partial charge is 1.00 e. The van der Waals surface area contributed by atoms with Gasteiger partial charge in [-0.1, -0.05) is 48.0 Å². The van der Waals surface area contributed by atoms with Crippen molar-refractivity contribution in [3.63, 3.8) is 0 Å². The minimum atomic E-state index is -1.16. The predicted molar refractivity (Wildman–Crippen MR) is 146 cm³/mol. The molecule has 6 nitrogen and oxygen atoms in total. The smallest absolute Gasteiger partial charge is 0.549 e. The van der Waals surface area contributed by atoms with E-state index in [2.05, 4.69) is 0 Å². The number of carboxylic acid groups (broad SMARTS) is 1. The van der Waals surface area contributed by atoms with Crippen molar-refractivity contribution in [3.05, 3.63) is 113 Å². The summed E-state index contributed by atoms with van der Waals surface area (Å²) in [5.74, 6) is 0.921. The van der Waals surface area contributed by atoms with Gasteiger partial charge in [-0.05, 0) is 73.4 Å². The Labute approximate surface area is 260 Å². The van der Waals surface area contributed by atoms with E-state index >= 15 is 0 Å². The van der Waals surface area contributed by atoms with Crippen molar-refractivity contribution in [2.75, 3.05) is 6.61 Å². The molecule has 0 aliphatic carbocycles. The van der Waals surface area contributed by atoms with Gasteiger partial charge in [-0.15, -0.1) is 0 Å². The first kappa shape index (κ1) is 29.7.